The Bertz CT molecular complexity index is 635. The second-order valence-electron chi connectivity index (χ2n) is 5.55. The third-order valence-electron chi connectivity index (χ3n) is 4.23. The first-order valence-corrected chi connectivity index (χ1v) is 7.11. The van der Waals surface area contributed by atoms with E-state index in [0.717, 1.165) is 18.4 Å². The van der Waals surface area contributed by atoms with Gasteiger partial charge in [-0.15, -0.1) is 0 Å². The average Bonchev–Trinajstić information content (AvgIpc) is 3.25. The molecule has 1 nitrogen and oxygen atoms in total. The Hall–Kier alpha value is -1.38. The summed E-state index contributed by atoms with van der Waals surface area (Å²) in [6.45, 7) is 1.68. The Morgan fingerprint density at radius 3 is 2.45 bits per heavy atom. The summed E-state index contributed by atoms with van der Waals surface area (Å²) in [5.74, 6) is -0.337. The van der Waals surface area contributed by atoms with Gasteiger partial charge in [0.15, 0.2) is 0 Å². The average molecular weight is 291 g/mol. The highest BCUT2D eigenvalue weighted by Crippen LogP contribution is 2.57. The molecule has 3 rings (SSSR count). The van der Waals surface area contributed by atoms with Gasteiger partial charge in [0.2, 0.25) is 0 Å². The number of benzene rings is 2. The Balaban J connectivity index is 2.01. The molecule has 0 radical (unpaired) electrons. The molecule has 1 atom stereocenters. The highest BCUT2D eigenvalue weighted by molar-refractivity contribution is 6.31. The first kappa shape index (κ1) is 13.6. The predicted molar refractivity (Wildman–Crippen MR) is 78.5 cm³/mol. The van der Waals surface area contributed by atoms with Crippen LogP contribution in [-0.2, 0) is 5.41 Å². The van der Waals surface area contributed by atoms with Crippen LogP contribution in [0.4, 0.5) is 4.39 Å². The summed E-state index contributed by atoms with van der Waals surface area (Å²) in [6, 6.07) is 12.9. The number of rotatable bonds is 3. The summed E-state index contributed by atoms with van der Waals surface area (Å²) >= 11 is 6.12. The molecule has 1 aliphatic rings. The summed E-state index contributed by atoms with van der Waals surface area (Å²) < 4.78 is 13.5. The molecule has 0 aliphatic heterocycles. The molecular weight excluding hydrogens is 275 g/mol. The van der Waals surface area contributed by atoms with E-state index in [4.69, 9.17) is 11.6 Å². The highest BCUT2D eigenvalue weighted by Gasteiger charge is 2.51. The van der Waals surface area contributed by atoms with E-state index in [1.54, 1.807) is 13.0 Å². The van der Waals surface area contributed by atoms with Gasteiger partial charge in [0, 0.05) is 16.0 Å². The number of aryl methyl sites for hydroxylation is 1. The van der Waals surface area contributed by atoms with Gasteiger partial charge < -0.3 is 5.11 Å². The SMILES string of the molecule is Cc1cc(C(O)C2(c3ccccc3)CC2)c(Cl)cc1F. The van der Waals surface area contributed by atoms with Crippen LogP contribution in [0.1, 0.15) is 35.6 Å². The Morgan fingerprint density at radius 1 is 1.20 bits per heavy atom. The van der Waals surface area contributed by atoms with Gasteiger partial charge in [-0.3, -0.25) is 0 Å². The van der Waals surface area contributed by atoms with Crippen molar-refractivity contribution in [1.29, 1.82) is 0 Å². The molecule has 0 heterocycles. The van der Waals surface area contributed by atoms with E-state index in [2.05, 4.69) is 0 Å². The van der Waals surface area contributed by atoms with E-state index in [9.17, 15) is 9.50 Å². The fourth-order valence-corrected chi connectivity index (χ4v) is 3.07. The molecule has 3 heteroatoms. The van der Waals surface area contributed by atoms with Crippen LogP contribution in [0.25, 0.3) is 0 Å². The standard InChI is InChI=1S/C17H16ClFO/c1-11-9-13(14(18)10-15(11)19)16(20)17(7-8-17)12-5-3-2-4-6-12/h2-6,9-10,16,20H,7-8H2,1H3. The van der Waals surface area contributed by atoms with Crippen molar-refractivity contribution in [2.75, 3.05) is 0 Å². The maximum Gasteiger partial charge on any atom is 0.127 e. The second kappa shape index (κ2) is 4.87. The molecule has 1 unspecified atom stereocenters. The predicted octanol–water partition coefficient (Wildman–Crippen LogP) is 4.55. The Labute approximate surface area is 123 Å². The molecule has 0 bridgehead atoms. The quantitative estimate of drug-likeness (QED) is 0.879. The lowest BCUT2D eigenvalue weighted by Crippen LogP contribution is -2.19. The minimum absolute atomic E-state index is 0.269. The maximum absolute atomic E-state index is 13.5. The zero-order chi connectivity index (χ0) is 14.3. The summed E-state index contributed by atoms with van der Waals surface area (Å²) in [5.41, 5.74) is 1.97. The zero-order valence-corrected chi connectivity index (χ0v) is 12.0. The Kier molecular flexibility index (Phi) is 3.31. The minimum Gasteiger partial charge on any atom is -0.387 e. The molecule has 0 saturated heterocycles. The molecule has 2 aromatic carbocycles. The van der Waals surface area contributed by atoms with Crippen LogP contribution >= 0.6 is 11.6 Å². The fraction of sp³-hybridized carbons (Fsp3) is 0.294. The first-order chi connectivity index (χ1) is 9.54. The van der Waals surface area contributed by atoms with E-state index < -0.39 is 6.10 Å². The van der Waals surface area contributed by atoms with Gasteiger partial charge in [0.05, 0.1) is 6.10 Å². The lowest BCUT2D eigenvalue weighted by Gasteiger charge is -2.24. The monoisotopic (exact) mass is 290 g/mol. The van der Waals surface area contributed by atoms with Crippen LogP contribution in [0.5, 0.6) is 0 Å². The molecule has 1 aliphatic carbocycles. The smallest absolute Gasteiger partial charge is 0.127 e. The van der Waals surface area contributed by atoms with Gasteiger partial charge in [-0.1, -0.05) is 41.9 Å². The molecule has 1 N–H and O–H groups in total. The molecule has 104 valence electrons. The van der Waals surface area contributed by atoms with E-state index in [0.29, 0.717) is 16.1 Å². The third-order valence-corrected chi connectivity index (χ3v) is 4.56. The van der Waals surface area contributed by atoms with Gasteiger partial charge in [0.1, 0.15) is 5.82 Å². The van der Waals surface area contributed by atoms with Crippen molar-refractivity contribution in [3.05, 3.63) is 70.0 Å². The van der Waals surface area contributed by atoms with Crippen molar-refractivity contribution in [3.8, 4) is 0 Å². The summed E-state index contributed by atoms with van der Waals surface area (Å²) in [6.07, 6.45) is 1.15. The molecule has 0 spiro atoms. The number of hydrogen-bond donors (Lipinski definition) is 1. The number of aliphatic hydroxyl groups excluding tert-OH is 1. The molecule has 1 saturated carbocycles. The van der Waals surface area contributed by atoms with Crippen molar-refractivity contribution >= 4 is 11.6 Å². The van der Waals surface area contributed by atoms with Crippen molar-refractivity contribution < 1.29 is 9.50 Å². The third kappa shape index (κ3) is 2.13. The minimum atomic E-state index is -0.698. The van der Waals surface area contributed by atoms with Crippen LogP contribution < -0.4 is 0 Å². The van der Waals surface area contributed by atoms with Crippen LogP contribution in [-0.4, -0.2) is 5.11 Å². The maximum atomic E-state index is 13.5. The van der Waals surface area contributed by atoms with E-state index in [1.807, 2.05) is 30.3 Å². The van der Waals surface area contributed by atoms with Gasteiger partial charge in [0.25, 0.3) is 0 Å². The molecule has 0 amide bonds. The highest BCUT2D eigenvalue weighted by atomic mass is 35.5. The van der Waals surface area contributed by atoms with Gasteiger partial charge in [-0.05, 0) is 43.0 Å². The fourth-order valence-electron chi connectivity index (χ4n) is 2.81. The lowest BCUT2D eigenvalue weighted by molar-refractivity contribution is 0.133. The normalized spacial score (nSPS) is 17.8. The summed E-state index contributed by atoms with van der Waals surface area (Å²) in [7, 11) is 0. The van der Waals surface area contributed by atoms with Gasteiger partial charge >= 0.3 is 0 Å². The lowest BCUT2D eigenvalue weighted by atomic mass is 9.85. The molecular formula is C17H16ClFO. The zero-order valence-electron chi connectivity index (χ0n) is 11.2. The van der Waals surface area contributed by atoms with Crippen LogP contribution in [0.15, 0.2) is 42.5 Å². The van der Waals surface area contributed by atoms with Crippen molar-refractivity contribution in [1.82, 2.24) is 0 Å². The van der Waals surface area contributed by atoms with Crippen LogP contribution in [0.2, 0.25) is 5.02 Å². The topological polar surface area (TPSA) is 20.2 Å². The van der Waals surface area contributed by atoms with E-state index in [-0.39, 0.29) is 11.2 Å². The summed E-state index contributed by atoms with van der Waals surface area (Å²) in [4.78, 5) is 0. The number of hydrogen-bond acceptors (Lipinski definition) is 1. The Morgan fingerprint density at radius 2 is 1.85 bits per heavy atom. The van der Waals surface area contributed by atoms with E-state index in [1.165, 1.54) is 6.07 Å². The number of aliphatic hydroxyl groups is 1. The largest absolute Gasteiger partial charge is 0.387 e. The molecule has 2 aromatic rings. The van der Waals surface area contributed by atoms with Crippen LogP contribution in [0, 0.1) is 12.7 Å². The van der Waals surface area contributed by atoms with Crippen LogP contribution in [0.3, 0.4) is 0 Å². The molecule has 20 heavy (non-hydrogen) atoms. The molecule has 0 aromatic heterocycles. The first-order valence-electron chi connectivity index (χ1n) is 6.74. The van der Waals surface area contributed by atoms with Crippen molar-refractivity contribution in [3.63, 3.8) is 0 Å². The molecule has 1 fully saturated rings. The summed E-state index contributed by atoms with van der Waals surface area (Å²) in [5, 5.41) is 11.0. The van der Waals surface area contributed by atoms with Crippen molar-refractivity contribution in [2.45, 2.75) is 31.3 Å². The van der Waals surface area contributed by atoms with Gasteiger partial charge in [-0.25, -0.2) is 4.39 Å². The number of halogens is 2. The van der Waals surface area contributed by atoms with Gasteiger partial charge in [-0.2, -0.15) is 0 Å². The second-order valence-corrected chi connectivity index (χ2v) is 5.95. The van der Waals surface area contributed by atoms with E-state index >= 15 is 0 Å². The van der Waals surface area contributed by atoms with Crippen molar-refractivity contribution in [2.24, 2.45) is 0 Å².